The molecule has 0 aliphatic carbocycles. The van der Waals surface area contributed by atoms with E-state index in [9.17, 15) is 9.90 Å². The number of phenolic OH excluding ortho intramolecular Hbond substituents is 1. The van der Waals surface area contributed by atoms with Gasteiger partial charge in [-0.2, -0.15) is 0 Å². The molecule has 2 rings (SSSR count). The van der Waals surface area contributed by atoms with Gasteiger partial charge < -0.3 is 19.9 Å². The number of hydrogen-bond acceptors (Lipinski definition) is 4. The van der Waals surface area contributed by atoms with E-state index < -0.39 is 0 Å². The lowest BCUT2D eigenvalue weighted by Crippen LogP contribution is -2.48. The summed E-state index contributed by atoms with van der Waals surface area (Å²) in [7, 11) is 1.51. The highest BCUT2D eigenvalue weighted by molar-refractivity contribution is 5.97. The van der Waals surface area contributed by atoms with Gasteiger partial charge in [-0.1, -0.05) is 6.92 Å². The molecule has 1 aliphatic rings. The number of benzene rings is 1. The first-order valence-electron chi connectivity index (χ1n) is 5.77. The molecule has 98 valence electrons. The van der Waals surface area contributed by atoms with Crippen molar-refractivity contribution in [1.29, 1.82) is 0 Å². The Labute approximate surface area is 106 Å². The molecule has 0 atom stereocenters. The van der Waals surface area contributed by atoms with Gasteiger partial charge in [0.15, 0.2) is 0 Å². The number of aromatic hydroxyl groups is 1. The summed E-state index contributed by atoms with van der Waals surface area (Å²) in [5, 5.41) is 12.5. The van der Waals surface area contributed by atoms with E-state index in [0.29, 0.717) is 25.5 Å². The number of carbonyl (C=O) groups excluding carboxylic acids is 1. The molecule has 1 saturated heterocycles. The molecular weight excluding hydrogens is 234 g/mol. The van der Waals surface area contributed by atoms with Crippen LogP contribution in [-0.4, -0.2) is 37.9 Å². The Bertz CT molecular complexity index is 454. The molecule has 1 aromatic carbocycles. The molecule has 18 heavy (non-hydrogen) atoms. The van der Waals surface area contributed by atoms with E-state index in [1.54, 1.807) is 6.07 Å². The summed E-state index contributed by atoms with van der Waals surface area (Å²) in [4.78, 5) is 12.0. The minimum atomic E-state index is -0.306. The lowest BCUT2D eigenvalue weighted by atomic mass is 9.88. The minimum absolute atomic E-state index is 0.00411. The molecule has 1 amide bonds. The Kier molecular flexibility index (Phi) is 3.43. The molecular formula is C13H17NO4. The summed E-state index contributed by atoms with van der Waals surface area (Å²) in [6.07, 6.45) is 0. The van der Waals surface area contributed by atoms with Gasteiger partial charge in [0.25, 0.3) is 5.91 Å². The van der Waals surface area contributed by atoms with Gasteiger partial charge >= 0.3 is 0 Å². The number of phenols is 1. The maximum atomic E-state index is 12.0. The van der Waals surface area contributed by atoms with Gasteiger partial charge in [-0.3, -0.25) is 4.79 Å². The van der Waals surface area contributed by atoms with Crippen molar-refractivity contribution in [3.8, 4) is 11.5 Å². The van der Waals surface area contributed by atoms with E-state index in [1.165, 1.54) is 19.2 Å². The number of nitrogens with one attached hydrogen (secondary N) is 1. The maximum absolute atomic E-state index is 12.0. The Balaban J connectivity index is 2.03. The van der Waals surface area contributed by atoms with E-state index in [2.05, 4.69) is 5.32 Å². The average Bonchev–Trinajstić information content (AvgIpc) is 2.34. The van der Waals surface area contributed by atoms with Crippen LogP contribution in [0.25, 0.3) is 0 Å². The largest absolute Gasteiger partial charge is 0.507 e. The van der Waals surface area contributed by atoms with Crippen LogP contribution in [0.5, 0.6) is 11.5 Å². The van der Waals surface area contributed by atoms with Crippen LogP contribution in [0.1, 0.15) is 17.3 Å². The fourth-order valence-electron chi connectivity index (χ4n) is 1.77. The molecule has 1 aliphatic heterocycles. The number of amides is 1. The smallest absolute Gasteiger partial charge is 0.255 e. The second-order valence-electron chi connectivity index (χ2n) is 4.87. The molecule has 0 bridgehead atoms. The Morgan fingerprint density at radius 3 is 2.83 bits per heavy atom. The third-order valence-electron chi connectivity index (χ3n) is 3.03. The summed E-state index contributed by atoms with van der Waals surface area (Å²) >= 11 is 0. The number of hydrogen-bond donors (Lipinski definition) is 2. The first-order valence-corrected chi connectivity index (χ1v) is 5.77. The van der Waals surface area contributed by atoms with Gasteiger partial charge in [0, 0.05) is 12.0 Å². The third kappa shape index (κ3) is 2.56. The van der Waals surface area contributed by atoms with Gasteiger partial charge in [0.1, 0.15) is 11.5 Å². The zero-order valence-electron chi connectivity index (χ0n) is 10.5. The molecule has 5 heteroatoms. The minimum Gasteiger partial charge on any atom is -0.507 e. The van der Waals surface area contributed by atoms with Crippen molar-refractivity contribution < 1.29 is 19.4 Å². The second kappa shape index (κ2) is 4.86. The quantitative estimate of drug-likeness (QED) is 0.842. The lowest BCUT2D eigenvalue weighted by molar-refractivity contribution is -0.0978. The number of ether oxygens (including phenoxy) is 2. The Hall–Kier alpha value is -1.75. The summed E-state index contributed by atoms with van der Waals surface area (Å²) < 4.78 is 10.1. The molecule has 0 aromatic heterocycles. The standard InChI is InChI=1S/C13H17NO4/c1-13(7-18-8-13)6-14-12(16)10-5-9(17-2)3-4-11(10)15/h3-5,15H,6-8H2,1-2H3,(H,14,16). The van der Waals surface area contributed by atoms with Crippen LogP contribution in [0, 0.1) is 5.41 Å². The van der Waals surface area contributed by atoms with E-state index in [-0.39, 0.29) is 22.6 Å². The van der Waals surface area contributed by atoms with Gasteiger partial charge in [-0.25, -0.2) is 0 Å². The predicted molar refractivity (Wildman–Crippen MR) is 65.9 cm³/mol. The normalized spacial score (nSPS) is 16.8. The molecule has 2 N–H and O–H groups in total. The molecule has 5 nitrogen and oxygen atoms in total. The van der Waals surface area contributed by atoms with Crippen LogP contribution < -0.4 is 10.1 Å². The average molecular weight is 251 g/mol. The highest BCUT2D eigenvalue weighted by Crippen LogP contribution is 2.26. The molecule has 1 aromatic rings. The van der Waals surface area contributed by atoms with E-state index in [4.69, 9.17) is 9.47 Å². The van der Waals surface area contributed by atoms with Crippen molar-refractivity contribution in [2.75, 3.05) is 26.9 Å². The SMILES string of the molecule is COc1ccc(O)c(C(=O)NCC2(C)COC2)c1. The zero-order chi connectivity index (χ0) is 13.2. The molecule has 1 heterocycles. The predicted octanol–water partition coefficient (Wildman–Crippen LogP) is 1.17. The molecule has 0 saturated carbocycles. The zero-order valence-corrected chi connectivity index (χ0v) is 10.5. The third-order valence-corrected chi connectivity index (χ3v) is 3.03. The molecule has 0 spiro atoms. The summed E-state index contributed by atoms with van der Waals surface area (Å²) in [5.74, 6) is 0.180. The number of rotatable bonds is 4. The summed E-state index contributed by atoms with van der Waals surface area (Å²) in [5.41, 5.74) is 0.225. The molecule has 1 fully saturated rings. The van der Waals surface area contributed by atoms with Crippen molar-refractivity contribution in [3.63, 3.8) is 0 Å². The van der Waals surface area contributed by atoms with E-state index >= 15 is 0 Å². The van der Waals surface area contributed by atoms with Crippen molar-refractivity contribution in [3.05, 3.63) is 23.8 Å². The van der Waals surface area contributed by atoms with Crippen LogP contribution in [0.3, 0.4) is 0 Å². The van der Waals surface area contributed by atoms with Crippen LogP contribution in [0.15, 0.2) is 18.2 Å². The first kappa shape index (κ1) is 12.7. The fraction of sp³-hybridized carbons (Fsp3) is 0.462. The summed E-state index contributed by atoms with van der Waals surface area (Å²) in [6.45, 7) is 3.87. The topological polar surface area (TPSA) is 67.8 Å². The fourth-order valence-corrected chi connectivity index (χ4v) is 1.77. The van der Waals surface area contributed by atoms with E-state index in [1.807, 2.05) is 6.92 Å². The van der Waals surface area contributed by atoms with E-state index in [0.717, 1.165) is 0 Å². The highest BCUT2D eigenvalue weighted by Gasteiger charge is 2.33. The second-order valence-corrected chi connectivity index (χ2v) is 4.87. The molecule has 0 unspecified atom stereocenters. The van der Waals surface area contributed by atoms with Crippen LogP contribution in [0.2, 0.25) is 0 Å². The monoisotopic (exact) mass is 251 g/mol. The van der Waals surface area contributed by atoms with Gasteiger partial charge in [0.05, 0.1) is 25.9 Å². The van der Waals surface area contributed by atoms with Gasteiger partial charge in [-0.05, 0) is 18.2 Å². The lowest BCUT2D eigenvalue weighted by Gasteiger charge is -2.38. The van der Waals surface area contributed by atoms with Crippen molar-refractivity contribution in [1.82, 2.24) is 5.32 Å². The maximum Gasteiger partial charge on any atom is 0.255 e. The molecule has 0 radical (unpaired) electrons. The van der Waals surface area contributed by atoms with Crippen LogP contribution in [-0.2, 0) is 4.74 Å². The number of methoxy groups -OCH3 is 1. The Morgan fingerprint density at radius 1 is 1.56 bits per heavy atom. The van der Waals surface area contributed by atoms with Crippen molar-refractivity contribution >= 4 is 5.91 Å². The van der Waals surface area contributed by atoms with Crippen LogP contribution in [0.4, 0.5) is 0 Å². The van der Waals surface area contributed by atoms with Crippen molar-refractivity contribution in [2.45, 2.75) is 6.92 Å². The highest BCUT2D eigenvalue weighted by atomic mass is 16.5. The summed E-state index contributed by atoms with van der Waals surface area (Å²) in [6, 6.07) is 4.57. The Morgan fingerprint density at radius 2 is 2.28 bits per heavy atom. The van der Waals surface area contributed by atoms with Gasteiger partial charge in [0.2, 0.25) is 0 Å². The van der Waals surface area contributed by atoms with Gasteiger partial charge in [-0.15, -0.1) is 0 Å². The van der Waals surface area contributed by atoms with Crippen LogP contribution >= 0.6 is 0 Å². The van der Waals surface area contributed by atoms with Crippen molar-refractivity contribution in [2.24, 2.45) is 5.41 Å². The number of carbonyl (C=O) groups is 1. The first-order chi connectivity index (χ1) is 8.54.